The summed E-state index contributed by atoms with van der Waals surface area (Å²) < 4.78 is 3.14. The molecule has 148 valence electrons. The van der Waals surface area contributed by atoms with Gasteiger partial charge in [0.05, 0.1) is 15.9 Å². The fourth-order valence-corrected chi connectivity index (χ4v) is 2.45. The molecule has 0 saturated heterocycles. The number of hydrogen-bond donors (Lipinski definition) is 1. The van der Waals surface area contributed by atoms with Crippen LogP contribution in [-0.4, -0.2) is 25.8 Å². The van der Waals surface area contributed by atoms with Crippen LogP contribution in [0.1, 0.15) is 15.9 Å². The maximum atomic E-state index is 12.4. The molecule has 2 aromatic rings. The Hall–Kier alpha value is -2.62. The van der Waals surface area contributed by atoms with Crippen LogP contribution in [0.4, 0.5) is 11.4 Å². The van der Waals surface area contributed by atoms with E-state index < -0.39 is 42.9 Å². The highest BCUT2D eigenvalue weighted by Gasteiger charge is 2.38. The predicted molar refractivity (Wildman–Crippen MR) is 103 cm³/mol. The van der Waals surface area contributed by atoms with Gasteiger partial charge in [-0.15, -0.1) is 0 Å². The van der Waals surface area contributed by atoms with Gasteiger partial charge in [-0.05, 0) is 25.1 Å². The number of benzene rings is 2. The van der Waals surface area contributed by atoms with Crippen LogP contribution in [0.5, 0.6) is 5.75 Å². The van der Waals surface area contributed by atoms with Crippen LogP contribution in [0.25, 0.3) is 0 Å². The Labute approximate surface area is 173 Å². The summed E-state index contributed by atoms with van der Waals surface area (Å²) in [5, 5.41) is 24.4. The van der Waals surface area contributed by atoms with Crippen molar-refractivity contribution in [3.05, 3.63) is 73.8 Å². The molecule has 2 rings (SSSR count). The molecule has 0 saturated carbocycles. The highest BCUT2D eigenvalue weighted by atomic mass is 35.6. The molecule has 0 bridgehead atoms. The topological polar surface area (TPSA) is 125 Å². The third-order valence-corrected chi connectivity index (χ3v) is 4.03. The van der Waals surface area contributed by atoms with E-state index in [0.29, 0.717) is 6.07 Å². The smallest absolute Gasteiger partial charge is 0.317 e. The number of halogens is 3. The van der Waals surface area contributed by atoms with E-state index >= 15 is 0 Å². The summed E-state index contributed by atoms with van der Waals surface area (Å²) in [7, 11) is 0. The molecule has 0 unspecified atom stereocenters. The molecule has 0 aliphatic rings. The lowest BCUT2D eigenvalue weighted by Crippen LogP contribution is -2.47. The summed E-state index contributed by atoms with van der Waals surface area (Å²) in [4.78, 5) is 32.8. The van der Waals surface area contributed by atoms with Gasteiger partial charge >= 0.3 is 5.69 Å². The number of alkyl halides is 3. The largest absolute Gasteiger partial charge is 0.459 e. The van der Waals surface area contributed by atoms with Gasteiger partial charge in [0.25, 0.3) is 11.6 Å². The van der Waals surface area contributed by atoms with Gasteiger partial charge < -0.3 is 10.1 Å². The lowest BCUT2D eigenvalue weighted by molar-refractivity contribution is -0.394. The van der Waals surface area contributed by atoms with E-state index in [9.17, 15) is 25.0 Å². The highest BCUT2D eigenvalue weighted by Crippen LogP contribution is 2.36. The molecule has 0 aromatic heterocycles. The fourth-order valence-electron chi connectivity index (χ4n) is 2.16. The number of hydrogen-bond acceptors (Lipinski definition) is 6. The summed E-state index contributed by atoms with van der Waals surface area (Å²) in [5.74, 6) is -1.07. The van der Waals surface area contributed by atoms with Crippen LogP contribution in [0.2, 0.25) is 0 Å². The summed E-state index contributed by atoms with van der Waals surface area (Å²) in [6, 6.07) is 9.20. The number of nitro groups is 2. The highest BCUT2D eigenvalue weighted by molar-refractivity contribution is 6.68. The van der Waals surface area contributed by atoms with E-state index in [-0.39, 0.29) is 5.56 Å². The number of rotatable bonds is 6. The number of nitrogens with zero attached hydrogens (tertiary/aromatic N) is 2. The maximum Gasteiger partial charge on any atom is 0.317 e. The SMILES string of the molecule is Cc1cccc(C(=O)N[C@@H](Oc2ccc([N+](=O)[O-])cc2[N+](=O)[O-])C(Cl)(Cl)Cl)c1. The Morgan fingerprint density at radius 1 is 1.11 bits per heavy atom. The van der Waals surface area contributed by atoms with Crippen LogP contribution in [0, 0.1) is 27.2 Å². The van der Waals surface area contributed by atoms with E-state index in [2.05, 4.69) is 5.32 Å². The zero-order valence-corrected chi connectivity index (χ0v) is 16.4. The number of carbonyl (C=O) groups excluding carboxylic acids is 1. The van der Waals surface area contributed by atoms with Crippen LogP contribution in [0.3, 0.4) is 0 Å². The van der Waals surface area contributed by atoms with Crippen molar-refractivity contribution < 1.29 is 19.4 Å². The van der Waals surface area contributed by atoms with Gasteiger partial charge in [0, 0.05) is 11.6 Å². The molecule has 0 radical (unpaired) electrons. The van der Waals surface area contributed by atoms with Crippen molar-refractivity contribution in [3.8, 4) is 5.75 Å². The number of nitro benzene ring substituents is 2. The first kappa shape index (κ1) is 21.7. The van der Waals surface area contributed by atoms with Gasteiger partial charge in [-0.3, -0.25) is 25.0 Å². The van der Waals surface area contributed by atoms with Crippen molar-refractivity contribution in [2.75, 3.05) is 0 Å². The van der Waals surface area contributed by atoms with Crippen molar-refractivity contribution in [2.24, 2.45) is 0 Å². The Morgan fingerprint density at radius 3 is 2.32 bits per heavy atom. The Balaban J connectivity index is 2.34. The van der Waals surface area contributed by atoms with E-state index in [0.717, 1.165) is 17.7 Å². The lowest BCUT2D eigenvalue weighted by Gasteiger charge is -2.26. The van der Waals surface area contributed by atoms with Crippen molar-refractivity contribution in [1.82, 2.24) is 5.32 Å². The Kier molecular flexibility index (Phi) is 6.65. The first-order valence-corrected chi connectivity index (χ1v) is 8.66. The molecule has 9 nitrogen and oxygen atoms in total. The molecule has 0 aliphatic heterocycles. The zero-order valence-electron chi connectivity index (χ0n) is 14.1. The van der Waals surface area contributed by atoms with E-state index in [1.54, 1.807) is 25.1 Å². The predicted octanol–water partition coefficient (Wildman–Crippen LogP) is 4.32. The van der Waals surface area contributed by atoms with Crippen molar-refractivity contribution in [1.29, 1.82) is 0 Å². The molecule has 0 heterocycles. The molecular weight excluding hydrogens is 437 g/mol. The van der Waals surface area contributed by atoms with Crippen LogP contribution < -0.4 is 10.1 Å². The molecule has 0 fully saturated rings. The fraction of sp³-hybridized carbons (Fsp3) is 0.188. The van der Waals surface area contributed by atoms with Gasteiger partial charge in [-0.25, -0.2) is 0 Å². The normalized spacial score (nSPS) is 12.1. The molecular formula is C16H12Cl3N3O6. The number of non-ortho nitro benzene ring substituents is 1. The minimum Gasteiger partial charge on any atom is -0.459 e. The Morgan fingerprint density at radius 2 is 1.79 bits per heavy atom. The minimum absolute atomic E-state index is 0.251. The molecule has 12 heteroatoms. The quantitative estimate of drug-likeness (QED) is 0.304. The summed E-state index contributed by atoms with van der Waals surface area (Å²) in [6.45, 7) is 1.78. The summed E-state index contributed by atoms with van der Waals surface area (Å²) >= 11 is 17.5. The molecule has 0 aliphatic carbocycles. The molecule has 0 spiro atoms. The van der Waals surface area contributed by atoms with Gasteiger partial charge in [0.1, 0.15) is 0 Å². The van der Waals surface area contributed by atoms with Gasteiger partial charge in [-0.2, -0.15) is 0 Å². The van der Waals surface area contributed by atoms with Gasteiger partial charge in [-0.1, -0.05) is 52.5 Å². The second-order valence-electron chi connectivity index (χ2n) is 5.55. The van der Waals surface area contributed by atoms with E-state index in [4.69, 9.17) is 39.5 Å². The average molecular weight is 449 g/mol. The zero-order chi connectivity index (χ0) is 21.1. The second-order valence-corrected chi connectivity index (χ2v) is 7.92. The molecule has 1 atom stereocenters. The van der Waals surface area contributed by atoms with Crippen molar-refractivity contribution >= 4 is 52.1 Å². The van der Waals surface area contributed by atoms with Crippen LogP contribution in [-0.2, 0) is 0 Å². The summed E-state index contributed by atoms with van der Waals surface area (Å²) in [5.41, 5.74) is -0.183. The van der Waals surface area contributed by atoms with Gasteiger partial charge in [0.2, 0.25) is 10.0 Å². The number of ether oxygens (including phenoxy) is 1. The summed E-state index contributed by atoms with van der Waals surface area (Å²) in [6.07, 6.45) is -1.62. The number of carbonyl (C=O) groups is 1. The Bertz CT molecular complexity index is 932. The molecule has 1 N–H and O–H groups in total. The maximum absolute atomic E-state index is 12.4. The van der Waals surface area contributed by atoms with E-state index in [1.807, 2.05) is 0 Å². The molecule has 28 heavy (non-hydrogen) atoms. The monoisotopic (exact) mass is 447 g/mol. The number of amides is 1. The standard InChI is InChI=1S/C16H12Cl3N3O6/c1-9-3-2-4-10(7-9)14(23)20-15(16(17,18)19)28-13-6-5-11(21(24)25)8-12(13)22(26)27/h2-8,15H,1H3,(H,20,23)/t15-/m0/s1. The number of nitrogens with one attached hydrogen (secondary N) is 1. The van der Waals surface area contributed by atoms with Gasteiger partial charge in [0.15, 0.2) is 5.75 Å². The minimum atomic E-state index is -2.20. The van der Waals surface area contributed by atoms with Crippen molar-refractivity contribution in [3.63, 3.8) is 0 Å². The third-order valence-electron chi connectivity index (χ3n) is 3.43. The average Bonchev–Trinajstić information content (AvgIpc) is 2.60. The second kappa shape index (κ2) is 8.59. The number of aryl methyl sites for hydroxylation is 1. The molecule has 1 amide bonds. The third kappa shape index (κ3) is 5.44. The first-order chi connectivity index (χ1) is 13.0. The lowest BCUT2D eigenvalue weighted by atomic mass is 10.1. The van der Waals surface area contributed by atoms with Crippen molar-refractivity contribution in [2.45, 2.75) is 16.9 Å². The van der Waals surface area contributed by atoms with E-state index in [1.165, 1.54) is 6.07 Å². The first-order valence-electron chi connectivity index (χ1n) is 7.53. The van der Waals surface area contributed by atoms with Crippen LogP contribution in [0.15, 0.2) is 42.5 Å². The molecule has 2 aromatic carbocycles. The van der Waals surface area contributed by atoms with Crippen LogP contribution >= 0.6 is 34.8 Å².